The van der Waals surface area contributed by atoms with Gasteiger partial charge in [-0.15, -0.1) is 0 Å². The summed E-state index contributed by atoms with van der Waals surface area (Å²) < 4.78 is 0. The van der Waals surface area contributed by atoms with Crippen LogP contribution in [0.5, 0.6) is 0 Å². The van der Waals surface area contributed by atoms with Gasteiger partial charge in [-0.3, -0.25) is 0 Å². The zero-order valence-electron chi connectivity index (χ0n) is 7.00. The van der Waals surface area contributed by atoms with Crippen molar-refractivity contribution in [3.8, 4) is 0 Å². The summed E-state index contributed by atoms with van der Waals surface area (Å²) in [6.45, 7) is 1.93. The minimum atomic E-state index is 0. The Kier molecular flexibility index (Phi) is 904. The predicted molar refractivity (Wildman–Crippen MR) is 37.2 cm³/mol. The maximum atomic E-state index is 7.57. The summed E-state index contributed by atoms with van der Waals surface area (Å²) in [5.74, 6) is 0. The van der Waals surface area contributed by atoms with Gasteiger partial charge < -0.3 is 20.4 Å². The topological polar surface area (TPSA) is 80.9 Å². The smallest absolute Gasteiger partial charge is 0.0402 e. The van der Waals surface area contributed by atoms with Gasteiger partial charge in [-0.05, 0) is 6.92 Å². The number of hydrogen-bond donors (Lipinski definition) is 4. The maximum absolute atomic E-state index is 7.57. The molecule has 0 amide bonds. The first-order chi connectivity index (χ1) is 4.41. The van der Waals surface area contributed by atoms with Crippen LogP contribution in [0.3, 0.4) is 0 Å². The van der Waals surface area contributed by atoms with Crippen molar-refractivity contribution in [1.29, 1.82) is 0 Å². The quantitative estimate of drug-likeness (QED) is 0.362. The molecule has 4 N–H and O–H groups in total. The molecule has 0 aliphatic carbocycles. The number of aliphatic hydroxyl groups excluding tert-OH is 4. The van der Waals surface area contributed by atoms with Crippen molar-refractivity contribution in [2.24, 2.45) is 0 Å². The van der Waals surface area contributed by atoms with Crippen LogP contribution < -0.4 is 0 Å². The van der Waals surface area contributed by atoms with Gasteiger partial charge in [-0.25, -0.2) is 0 Å². The Balaban J connectivity index is -0.0000000110. The molecule has 0 aliphatic rings. The summed E-state index contributed by atoms with van der Waals surface area (Å²) in [5, 5.41) is 28.6. The second kappa shape index (κ2) is 289. The molecule has 0 rings (SSSR count). The third-order valence-corrected chi connectivity index (χ3v) is 0. The van der Waals surface area contributed by atoms with Crippen molar-refractivity contribution in [2.45, 2.75) is 6.92 Å². The van der Waals surface area contributed by atoms with E-state index in [4.69, 9.17) is 20.4 Å². The number of hydrogen-bond acceptors (Lipinski definition) is 4. The van der Waals surface area contributed by atoms with Gasteiger partial charge in [0, 0.05) is 49.7 Å². The summed E-state index contributed by atoms with van der Waals surface area (Å²) in [5.41, 5.74) is 0. The summed E-state index contributed by atoms with van der Waals surface area (Å²) in [6.07, 6.45) is 0. The molecule has 0 radical (unpaired) electrons. The molecule has 0 bridgehead atoms. The SMILES string of the molecule is CCO.CO.CO.CO.[Ti]. The van der Waals surface area contributed by atoms with E-state index in [1.807, 2.05) is 0 Å². The van der Waals surface area contributed by atoms with E-state index in [1.165, 1.54) is 0 Å². The molecule has 5 heteroatoms. The molecule has 10 heavy (non-hydrogen) atoms. The molecule has 4 nitrogen and oxygen atoms in total. The summed E-state index contributed by atoms with van der Waals surface area (Å²) in [7, 11) is 3.00. The van der Waals surface area contributed by atoms with Gasteiger partial charge in [0.25, 0.3) is 0 Å². The monoisotopic (exact) mass is 190 g/mol. The normalized spacial score (nSPS) is 3.60. The summed E-state index contributed by atoms with van der Waals surface area (Å²) >= 11 is 0. The molecule has 0 saturated carbocycles. The van der Waals surface area contributed by atoms with E-state index in [2.05, 4.69) is 0 Å². The first-order valence-electron chi connectivity index (χ1n) is 2.36. The Labute approximate surface area is 77.4 Å². The fourth-order valence-corrected chi connectivity index (χ4v) is 0. The Hall–Kier alpha value is 0.554. The molecule has 0 fully saturated rings. The third kappa shape index (κ3) is 1590. The fourth-order valence-electron chi connectivity index (χ4n) is 0. The average Bonchev–Trinajstić information content (AvgIpc) is 2.01. The zero-order chi connectivity index (χ0) is 8.71. The summed E-state index contributed by atoms with van der Waals surface area (Å²) in [6, 6.07) is 0. The molecule has 0 heterocycles. The molecular weight excluding hydrogens is 172 g/mol. The van der Waals surface area contributed by atoms with E-state index in [1.54, 1.807) is 6.92 Å². The molecule has 0 saturated heterocycles. The number of rotatable bonds is 0. The van der Waals surface area contributed by atoms with Crippen molar-refractivity contribution in [1.82, 2.24) is 0 Å². The van der Waals surface area contributed by atoms with Crippen molar-refractivity contribution < 1.29 is 42.1 Å². The van der Waals surface area contributed by atoms with Gasteiger partial charge in [0.15, 0.2) is 0 Å². The first kappa shape index (κ1) is 31.2. The van der Waals surface area contributed by atoms with E-state index in [0.29, 0.717) is 0 Å². The molecule has 0 aromatic rings. The van der Waals surface area contributed by atoms with Crippen LogP contribution in [0.4, 0.5) is 0 Å². The number of aliphatic hydroxyl groups is 4. The fraction of sp³-hybridized carbons (Fsp3) is 1.00. The molecule has 0 unspecified atom stereocenters. The van der Waals surface area contributed by atoms with Crippen LogP contribution in [0.1, 0.15) is 6.92 Å². The van der Waals surface area contributed by atoms with Gasteiger partial charge in [-0.2, -0.15) is 0 Å². The molecular formula is C5H18O4Ti. The minimum Gasteiger partial charge on any atom is -0.400 e. The second-order valence-electron chi connectivity index (χ2n) is 0.316. The Bertz CT molecular complexity index is 13.6. The molecule has 66 valence electrons. The van der Waals surface area contributed by atoms with Gasteiger partial charge in [0.05, 0.1) is 0 Å². The average molecular weight is 190 g/mol. The third-order valence-electron chi connectivity index (χ3n) is 0. The van der Waals surface area contributed by atoms with E-state index < -0.39 is 0 Å². The van der Waals surface area contributed by atoms with E-state index in [9.17, 15) is 0 Å². The Morgan fingerprint density at radius 2 is 0.800 bits per heavy atom. The van der Waals surface area contributed by atoms with Crippen LogP contribution in [0.25, 0.3) is 0 Å². The summed E-state index contributed by atoms with van der Waals surface area (Å²) in [4.78, 5) is 0. The largest absolute Gasteiger partial charge is 0.400 e. The predicted octanol–water partition coefficient (Wildman–Crippen LogP) is -1.18. The van der Waals surface area contributed by atoms with E-state index >= 15 is 0 Å². The minimum absolute atomic E-state index is 0. The molecule has 0 aromatic carbocycles. The Morgan fingerprint density at radius 1 is 0.800 bits per heavy atom. The molecule has 0 aliphatic heterocycles. The van der Waals surface area contributed by atoms with Crippen LogP contribution in [0, 0.1) is 0 Å². The van der Waals surface area contributed by atoms with Crippen LogP contribution in [0.15, 0.2) is 0 Å². The Morgan fingerprint density at radius 3 is 0.800 bits per heavy atom. The van der Waals surface area contributed by atoms with Crippen molar-refractivity contribution in [3.05, 3.63) is 0 Å². The van der Waals surface area contributed by atoms with Gasteiger partial charge in [0.2, 0.25) is 0 Å². The van der Waals surface area contributed by atoms with E-state index in [0.717, 1.165) is 21.3 Å². The standard InChI is InChI=1S/C2H6O.3CH4O.Ti/c1-2-3;3*1-2;/h3H,2H2,1H3;3*2H,1H3;. The molecule has 0 atom stereocenters. The van der Waals surface area contributed by atoms with Gasteiger partial charge in [0.1, 0.15) is 0 Å². The van der Waals surface area contributed by atoms with Crippen molar-refractivity contribution >= 4 is 0 Å². The van der Waals surface area contributed by atoms with Crippen LogP contribution >= 0.6 is 0 Å². The van der Waals surface area contributed by atoms with Gasteiger partial charge in [-0.1, -0.05) is 0 Å². The zero-order valence-corrected chi connectivity index (χ0v) is 8.56. The van der Waals surface area contributed by atoms with E-state index in [-0.39, 0.29) is 28.3 Å². The van der Waals surface area contributed by atoms with Crippen LogP contribution in [-0.2, 0) is 21.7 Å². The second-order valence-corrected chi connectivity index (χ2v) is 0.316. The molecule has 0 aromatic heterocycles. The van der Waals surface area contributed by atoms with Gasteiger partial charge >= 0.3 is 0 Å². The first-order valence-corrected chi connectivity index (χ1v) is 2.36. The molecule has 0 spiro atoms. The van der Waals surface area contributed by atoms with Crippen LogP contribution in [-0.4, -0.2) is 48.4 Å². The maximum Gasteiger partial charge on any atom is 0.0402 e. The van der Waals surface area contributed by atoms with Crippen molar-refractivity contribution in [2.75, 3.05) is 27.9 Å². The van der Waals surface area contributed by atoms with Crippen molar-refractivity contribution in [3.63, 3.8) is 0 Å². The van der Waals surface area contributed by atoms with Crippen LogP contribution in [0.2, 0.25) is 0 Å².